The summed E-state index contributed by atoms with van der Waals surface area (Å²) in [6.07, 6.45) is 0. The fourth-order valence-corrected chi connectivity index (χ4v) is 4.34. The number of pyridine rings is 1. The average molecular weight is 450 g/mol. The van der Waals surface area contributed by atoms with Crippen molar-refractivity contribution in [3.8, 4) is 28.5 Å². The number of nitrogens with zero attached hydrogens (tertiary/aromatic N) is 2. The Morgan fingerprint density at radius 3 is 2.21 bits per heavy atom. The molecule has 5 heteroatoms. The Labute approximate surface area is 198 Å². The van der Waals surface area contributed by atoms with Gasteiger partial charge in [-0.2, -0.15) is 5.26 Å². The standard InChI is InChI=1S/C28H23N3OS/c1-19-13-15-22(16-14-19)26-17-24(21-9-5-3-6-10-21)25(18-29)28(31-26)33-20(2)27(32)30-23-11-7-4-8-12-23/h3-17,20H,1-2H3,(H,30,32)/t20-/m1/s1. The summed E-state index contributed by atoms with van der Waals surface area (Å²) in [5.74, 6) is -0.140. The third kappa shape index (κ3) is 5.31. The molecule has 1 atom stereocenters. The van der Waals surface area contributed by atoms with E-state index in [1.807, 2.05) is 105 Å². The first-order valence-electron chi connectivity index (χ1n) is 10.7. The molecule has 0 bridgehead atoms. The van der Waals surface area contributed by atoms with E-state index in [4.69, 9.17) is 4.98 Å². The number of benzene rings is 3. The third-order valence-electron chi connectivity index (χ3n) is 5.23. The Balaban J connectivity index is 1.74. The number of rotatable bonds is 6. The number of hydrogen-bond acceptors (Lipinski definition) is 4. The van der Waals surface area contributed by atoms with Gasteiger partial charge in [0.25, 0.3) is 0 Å². The number of anilines is 1. The maximum atomic E-state index is 12.8. The minimum atomic E-state index is -0.443. The minimum Gasteiger partial charge on any atom is -0.325 e. The monoisotopic (exact) mass is 449 g/mol. The molecular weight excluding hydrogens is 426 g/mol. The first-order chi connectivity index (χ1) is 16.0. The molecule has 1 heterocycles. The van der Waals surface area contributed by atoms with Crippen LogP contribution in [-0.2, 0) is 4.79 Å². The molecule has 0 aliphatic rings. The zero-order valence-electron chi connectivity index (χ0n) is 18.4. The van der Waals surface area contributed by atoms with E-state index in [0.29, 0.717) is 10.6 Å². The number of nitrogens with one attached hydrogen (secondary N) is 1. The molecule has 1 aromatic heterocycles. The van der Waals surface area contributed by atoms with Gasteiger partial charge < -0.3 is 5.32 Å². The van der Waals surface area contributed by atoms with Crippen molar-refractivity contribution in [2.24, 2.45) is 0 Å². The molecule has 0 radical (unpaired) electrons. The molecule has 4 rings (SSSR count). The molecular formula is C28H23N3OS. The van der Waals surface area contributed by atoms with E-state index >= 15 is 0 Å². The molecule has 162 valence electrons. The third-order valence-corrected chi connectivity index (χ3v) is 6.32. The van der Waals surface area contributed by atoms with Gasteiger partial charge in [-0.25, -0.2) is 4.98 Å². The van der Waals surface area contributed by atoms with Crippen LogP contribution in [0, 0.1) is 18.3 Å². The normalized spacial score (nSPS) is 11.4. The van der Waals surface area contributed by atoms with Crippen molar-refractivity contribution in [2.45, 2.75) is 24.1 Å². The van der Waals surface area contributed by atoms with Gasteiger partial charge in [0.15, 0.2) is 0 Å². The molecule has 0 fully saturated rings. The fraction of sp³-hybridized carbons (Fsp3) is 0.107. The van der Waals surface area contributed by atoms with Gasteiger partial charge in [0.2, 0.25) is 5.91 Å². The number of nitriles is 1. The van der Waals surface area contributed by atoms with Crippen molar-refractivity contribution in [1.82, 2.24) is 4.98 Å². The quantitative estimate of drug-likeness (QED) is 0.332. The largest absolute Gasteiger partial charge is 0.325 e. The van der Waals surface area contributed by atoms with Gasteiger partial charge in [-0.1, -0.05) is 90.1 Å². The molecule has 4 nitrogen and oxygen atoms in total. The first-order valence-corrected chi connectivity index (χ1v) is 11.5. The van der Waals surface area contributed by atoms with Gasteiger partial charge >= 0.3 is 0 Å². The van der Waals surface area contributed by atoms with Crippen molar-refractivity contribution in [3.05, 3.63) is 102 Å². The van der Waals surface area contributed by atoms with Gasteiger partial charge in [0, 0.05) is 16.8 Å². The Morgan fingerprint density at radius 2 is 1.58 bits per heavy atom. The van der Waals surface area contributed by atoms with Crippen molar-refractivity contribution >= 4 is 23.4 Å². The summed E-state index contributed by atoms with van der Waals surface area (Å²) in [6.45, 7) is 3.87. The van der Waals surface area contributed by atoms with Crippen LogP contribution < -0.4 is 5.32 Å². The summed E-state index contributed by atoms with van der Waals surface area (Å²) < 4.78 is 0. The topological polar surface area (TPSA) is 65.8 Å². The summed E-state index contributed by atoms with van der Waals surface area (Å²) in [5.41, 5.74) is 5.85. The molecule has 0 aliphatic carbocycles. The van der Waals surface area contributed by atoms with E-state index in [2.05, 4.69) is 11.4 Å². The van der Waals surface area contributed by atoms with E-state index in [1.165, 1.54) is 11.8 Å². The highest BCUT2D eigenvalue weighted by atomic mass is 32.2. The Kier molecular flexibility index (Phi) is 6.87. The second kappa shape index (κ2) is 10.2. The number of thioether (sulfide) groups is 1. The molecule has 1 N–H and O–H groups in total. The maximum Gasteiger partial charge on any atom is 0.237 e. The molecule has 0 spiro atoms. The summed E-state index contributed by atoms with van der Waals surface area (Å²) >= 11 is 1.30. The highest BCUT2D eigenvalue weighted by molar-refractivity contribution is 8.00. The Morgan fingerprint density at radius 1 is 0.939 bits per heavy atom. The van der Waals surface area contributed by atoms with Crippen molar-refractivity contribution in [2.75, 3.05) is 5.32 Å². The van der Waals surface area contributed by atoms with E-state index in [1.54, 1.807) is 0 Å². The first kappa shape index (κ1) is 22.3. The lowest BCUT2D eigenvalue weighted by Crippen LogP contribution is -2.22. The summed E-state index contributed by atoms with van der Waals surface area (Å²) in [6, 6.07) is 31.6. The van der Waals surface area contributed by atoms with Gasteiger partial charge in [-0.3, -0.25) is 4.79 Å². The van der Waals surface area contributed by atoms with Crippen LogP contribution in [0.5, 0.6) is 0 Å². The van der Waals surface area contributed by atoms with Crippen LogP contribution >= 0.6 is 11.8 Å². The zero-order valence-corrected chi connectivity index (χ0v) is 19.3. The van der Waals surface area contributed by atoms with Crippen LogP contribution in [0.15, 0.2) is 96.0 Å². The lowest BCUT2D eigenvalue weighted by Gasteiger charge is -2.16. The van der Waals surface area contributed by atoms with Gasteiger partial charge in [0.05, 0.1) is 16.5 Å². The number of carbonyl (C=O) groups is 1. The van der Waals surface area contributed by atoms with Crippen LogP contribution in [0.25, 0.3) is 22.4 Å². The molecule has 1 amide bonds. The zero-order chi connectivity index (χ0) is 23.2. The predicted octanol–water partition coefficient (Wildman–Crippen LogP) is 6.72. The second-order valence-corrected chi connectivity index (χ2v) is 9.02. The van der Waals surface area contributed by atoms with Gasteiger partial charge in [0.1, 0.15) is 11.1 Å². The van der Waals surface area contributed by atoms with E-state index < -0.39 is 5.25 Å². The molecule has 4 aromatic rings. The summed E-state index contributed by atoms with van der Waals surface area (Å²) in [5, 5.41) is 13.1. The minimum absolute atomic E-state index is 0.140. The van der Waals surface area contributed by atoms with E-state index in [-0.39, 0.29) is 5.91 Å². The molecule has 3 aromatic carbocycles. The van der Waals surface area contributed by atoms with Crippen molar-refractivity contribution in [1.29, 1.82) is 5.26 Å². The molecule has 0 saturated heterocycles. The number of amides is 1. The average Bonchev–Trinajstić information content (AvgIpc) is 2.85. The smallest absolute Gasteiger partial charge is 0.237 e. The molecule has 0 aliphatic heterocycles. The number of carbonyl (C=O) groups excluding carboxylic acids is 1. The van der Waals surface area contributed by atoms with Crippen LogP contribution in [0.4, 0.5) is 5.69 Å². The number of aromatic nitrogens is 1. The fourth-order valence-electron chi connectivity index (χ4n) is 3.42. The second-order valence-electron chi connectivity index (χ2n) is 7.69. The lowest BCUT2D eigenvalue weighted by atomic mass is 9.99. The van der Waals surface area contributed by atoms with Crippen LogP contribution in [-0.4, -0.2) is 16.1 Å². The predicted molar refractivity (Wildman–Crippen MR) is 135 cm³/mol. The molecule has 0 unspecified atom stereocenters. The van der Waals surface area contributed by atoms with E-state index in [0.717, 1.165) is 33.6 Å². The highest BCUT2D eigenvalue weighted by Crippen LogP contribution is 2.36. The molecule has 0 saturated carbocycles. The highest BCUT2D eigenvalue weighted by Gasteiger charge is 2.21. The van der Waals surface area contributed by atoms with Crippen LogP contribution in [0.3, 0.4) is 0 Å². The van der Waals surface area contributed by atoms with Crippen LogP contribution in [0.1, 0.15) is 18.1 Å². The van der Waals surface area contributed by atoms with Crippen LogP contribution in [0.2, 0.25) is 0 Å². The summed E-state index contributed by atoms with van der Waals surface area (Å²) in [7, 11) is 0. The number of para-hydroxylation sites is 1. The summed E-state index contributed by atoms with van der Waals surface area (Å²) in [4.78, 5) is 17.6. The lowest BCUT2D eigenvalue weighted by molar-refractivity contribution is -0.115. The van der Waals surface area contributed by atoms with Gasteiger partial charge in [-0.15, -0.1) is 0 Å². The number of hydrogen-bond donors (Lipinski definition) is 1. The van der Waals surface area contributed by atoms with Crippen molar-refractivity contribution < 1.29 is 4.79 Å². The SMILES string of the molecule is Cc1ccc(-c2cc(-c3ccccc3)c(C#N)c(S[C@H](C)C(=O)Nc3ccccc3)n2)cc1. The Bertz CT molecular complexity index is 1300. The van der Waals surface area contributed by atoms with Crippen molar-refractivity contribution in [3.63, 3.8) is 0 Å². The maximum absolute atomic E-state index is 12.8. The van der Waals surface area contributed by atoms with E-state index in [9.17, 15) is 10.1 Å². The Hall–Kier alpha value is -3.88. The number of aryl methyl sites for hydroxylation is 1. The molecule has 33 heavy (non-hydrogen) atoms. The van der Waals surface area contributed by atoms with Gasteiger partial charge in [-0.05, 0) is 37.6 Å².